The normalized spacial score (nSPS) is 18.0. The van der Waals surface area contributed by atoms with Crippen molar-refractivity contribution in [2.24, 2.45) is 5.92 Å². The number of hydrogen-bond donors (Lipinski definition) is 2. The second kappa shape index (κ2) is 13.1. The standard InChI is InChI=1S/C31H37N5O6/c1-42-26-12-11-24(19-25(26)36-14-13-27(37)33-31(36)41)30(40)35-17-15-34(16-18-35)29(39)23-9-7-21(8-10-23)20-32-28(38)22-5-3-2-4-6-22/h7-12,19,22H,2-6,13-18,20H2,1H3,(H,32,38)(H,33,37,41). The van der Waals surface area contributed by atoms with E-state index in [-0.39, 0.29) is 42.5 Å². The highest BCUT2D eigenvalue weighted by atomic mass is 16.5. The Morgan fingerprint density at radius 3 is 2.10 bits per heavy atom. The molecule has 11 heteroatoms. The van der Waals surface area contributed by atoms with Crippen LogP contribution in [0.25, 0.3) is 0 Å². The lowest BCUT2D eigenvalue weighted by atomic mass is 9.88. The van der Waals surface area contributed by atoms with E-state index in [2.05, 4.69) is 10.6 Å². The van der Waals surface area contributed by atoms with Crippen molar-refractivity contribution in [1.29, 1.82) is 0 Å². The summed E-state index contributed by atoms with van der Waals surface area (Å²) >= 11 is 0. The van der Waals surface area contributed by atoms with Crippen LogP contribution in [0.4, 0.5) is 10.5 Å². The molecule has 2 aromatic carbocycles. The van der Waals surface area contributed by atoms with Gasteiger partial charge in [0.2, 0.25) is 11.8 Å². The minimum atomic E-state index is -0.557. The zero-order valence-corrected chi connectivity index (χ0v) is 23.9. The third-order valence-electron chi connectivity index (χ3n) is 8.27. The molecule has 1 aliphatic carbocycles. The molecule has 6 amide bonds. The van der Waals surface area contributed by atoms with Gasteiger partial charge in [0.1, 0.15) is 5.75 Å². The van der Waals surface area contributed by atoms with Gasteiger partial charge in [-0.3, -0.25) is 29.4 Å². The molecule has 2 saturated heterocycles. The quantitative estimate of drug-likeness (QED) is 0.523. The molecule has 11 nitrogen and oxygen atoms in total. The van der Waals surface area contributed by atoms with Gasteiger partial charge in [-0.1, -0.05) is 31.4 Å². The molecule has 2 aromatic rings. The number of amides is 6. The van der Waals surface area contributed by atoms with Crippen LogP contribution < -0.4 is 20.3 Å². The van der Waals surface area contributed by atoms with E-state index in [1.54, 1.807) is 40.1 Å². The lowest BCUT2D eigenvalue weighted by Crippen LogP contribution is -2.51. The number of rotatable bonds is 7. The maximum atomic E-state index is 13.3. The summed E-state index contributed by atoms with van der Waals surface area (Å²) in [6.45, 7) is 2.16. The van der Waals surface area contributed by atoms with Gasteiger partial charge in [-0.2, -0.15) is 0 Å². The van der Waals surface area contributed by atoms with E-state index in [9.17, 15) is 24.0 Å². The van der Waals surface area contributed by atoms with Crippen molar-refractivity contribution < 1.29 is 28.7 Å². The van der Waals surface area contributed by atoms with Gasteiger partial charge in [0.15, 0.2) is 0 Å². The number of methoxy groups -OCH3 is 1. The van der Waals surface area contributed by atoms with Crippen LogP contribution in [0.3, 0.4) is 0 Å². The van der Waals surface area contributed by atoms with Crippen molar-refractivity contribution in [2.45, 2.75) is 45.1 Å². The first-order chi connectivity index (χ1) is 20.3. The van der Waals surface area contributed by atoms with Crippen molar-refractivity contribution in [3.05, 3.63) is 59.2 Å². The summed E-state index contributed by atoms with van der Waals surface area (Å²) in [4.78, 5) is 67.7. The number of anilines is 1. The van der Waals surface area contributed by atoms with Crippen LogP contribution in [-0.2, 0) is 16.1 Å². The molecule has 5 rings (SSSR count). The highest BCUT2D eigenvalue weighted by Gasteiger charge is 2.30. The van der Waals surface area contributed by atoms with Crippen LogP contribution in [0.2, 0.25) is 0 Å². The smallest absolute Gasteiger partial charge is 0.328 e. The number of hydrogen-bond acceptors (Lipinski definition) is 6. The fourth-order valence-corrected chi connectivity index (χ4v) is 5.77. The van der Waals surface area contributed by atoms with Gasteiger partial charge >= 0.3 is 6.03 Å². The topological polar surface area (TPSA) is 128 Å². The second-order valence-electron chi connectivity index (χ2n) is 11.0. The minimum absolute atomic E-state index is 0.0997. The Labute approximate surface area is 245 Å². The molecule has 1 saturated carbocycles. The van der Waals surface area contributed by atoms with Crippen LogP contribution in [0.15, 0.2) is 42.5 Å². The van der Waals surface area contributed by atoms with Crippen LogP contribution >= 0.6 is 0 Å². The van der Waals surface area contributed by atoms with Gasteiger partial charge in [0.05, 0.1) is 12.8 Å². The van der Waals surface area contributed by atoms with Crippen molar-refractivity contribution in [2.75, 3.05) is 44.7 Å². The number of ether oxygens (including phenoxy) is 1. The van der Waals surface area contributed by atoms with Gasteiger partial charge in [-0.15, -0.1) is 0 Å². The highest BCUT2D eigenvalue weighted by molar-refractivity contribution is 6.07. The van der Waals surface area contributed by atoms with Gasteiger partial charge < -0.3 is 19.9 Å². The van der Waals surface area contributed by atoms with E-state index in [4.69, 9.17) is 4.74 Å². The fourth-order valence-electron chi connectivity index (χ4n) is 5.77. The summed E-state index contributed by atoms with van der Waals surface area (Å²) in [5.74, 6) is -0.00804. The number of carbonyl (C=O) groups excluding carboxylic acids is 5. The summed E-state index contributed by atoms with van der Waals surface area (Å²) in [6, 6.07) is 11.6. The number of imide groups is 1. The van der Waals surface area contributed by atoms with E-state index in [0.29, 0.717) is 55.3 Å². The molecule has 42 heavy (non-hydrogen) atoms. The number of carbonyl (C=O) groups is 5. The SMILES string of the molecule is COc1ccc(C(=O)N2CCN(C(=O)c3ccc(CNC(=O)C4CCCCC4)cc3)CC2)cc1N1CCC(=O)NC1=O. The number of urea groups is 1. The van der Waals surface area contributed by atoms with E-state index >= 15 is 0 Å². The molecule has 3 fully saturated rings. The molecule has 2 heterocycles. The van der Waals surface area contributed by atoms with Crippen LogP contribution in [0.1, 0.15) is 64.8 Å². The largest absolute Gasteiger partial charge is 0.495 e. The Balaban J connectivity index is 1.15. The molecule has 0 atom stereocenters. The molecule has 0 spiro atoms. The Hall–Kier alpha value is -4.41. The lowest BCUT2D eigenvalue weighted by Gasteiger charge is -2.35. The van der Waals surface area contributed by atoms with Crippen LogP contribution in [0.5, 0.6) is 5.75 Å². The number of nitrogens with zero attached hydrogens (tertiary/aromatic N) is 3. The van der Waals surface area contributed by atoms with Crippen molar-refractivity contribution in [3.63, 3.8) is 0 Å². The predicted octanol–water partition coefficient (Wildman–Crippen LogP) is 2.94. The summed E-state index contributed by atoms with van der Waals surface area (Å²) < 4.78 is 5.40. The first-order valence-corrected chi connectivity index (χ1v) is 14.6. The molecule has 0 radical (unpaired) electrons. The molecule has 2 aliphatic heterocycles. The van der Waals surface area contributed by atoms with E-state index in [1.165, 1.54) is 18.4 Å². The molecule has 222 valence electrons. The Morgan fingerprint density at radius 1 is 0.857 bits per heavy atom. The molecule has 2 N–H and O–H groups in total. The molecule has 0 unspecified atom stereocenters. The minimum Gasteiger partial charge on any atom is -0.495 e. The third-order valence-corrected chi connectivity index (χ3v) is 8.27. The number of benzene rings is 2. The molecule has 3 aliphatic rings. The summed E-state index contributed by atoms with van der Waals surface area (Å²) in [5, 5.41) is 5.32. The summed E-state index contributed by atoms with van der Waals surface area (Å²) in [6.07, 6.45) is 5.51. The second-order valence-corrected chi connectivity index (χ2v) is 11.0. The van der Waals surface area contributed by atoms with Crippen LogP contribution in [0, 0.1) is 5.92 Å². The van der Waals surface area contributed by atoms with E-state index < -0.39 is 6.03 Å². The summed E-state index contributed by atoms with van der Waals surface area (Å²) in [5.41, 5.74) is 2.31. The number of piperazine rings is 1. The molecule has 0 bridgehead atoms. The van der Waals surface area contributed by atoms with Gasteiger partial charge in [-0.25, -0.2) is 4.79 Å². The zero-order chi connectivity index (χ0) is 29.6. The summed E-state index contributed by atoms with van der Waals surface area (Å²) in [7, 11) is 1.48. The average Bonchev–Trinajstić information content (AvgIpc) is 3.03. The van der Waals surface area contributed by atoms with Crippen LogP contribution in [-0.4, -0.2) is 79.3 Å². The Morgan fingerprint density at radius 2 is 1.48 bits per heavy atom. The van der Waals surface area contributed by atoms with Gasteiger partial charge in [-0.05, 0) is 48.7 Å². The molecule has 0 aromatic heterocycles. The van der Waals surface area contributed by atoms with Crippen molar-refractivity contribution >= 4 is 35.3 Å². The average molecular weight is 576 g/mol. The first kappa shape index (κ1) is 29.1. The number of nitrogens with one attached hydrogen (secondary N) is 2. The van der Waals surface area contributed by atoms with Gasteiger partial charge in [0.25, 0.3) is 11.8 Å². The fraction of sp³-hybridized carbons (Fsp3) is 0.452. The van der Waals surface area contributed by atoms with Gasteiger partial charge in [0, 0.05) is 62.7 Å². The Bertz CT molecular complexity index is 1350. The molecular formula is C31H37N5O6. The Kier molecular flexibility index (Phi) is 9.04. The predicted molar refractivity (Wildman–Crippen MR) is 155 cm³/mol. The van der Waals surface area contributed by atoms with E-state index in [0.717, 1.165) is 31.2 Å². The molecular weight excluding hydrogens is 538 g/mol. The maximum Gasteiger partial charge on any atom is 0.328 e. The first-order valence-electron chi connectivity index (χ1n) is 14.6. The zero-order valence-electron chi connectivity index (χ0n) is 23.9. The third kappa shape index (κ3) is 6.56. The maximum absolute atomic E-state index is 13.3. The van der Waals surface area contributed by atoms with Crippen molar-refractivity contribution in [3.8, 4) is 5.75 Å². The van der Waals surface area contributed by atoms with E-state index in [1.807, 2.05) is 12.1 Å². The lowest BCUT2D eigenvalue weighted by molar-refractivity contribution is -0.126. The highest BCUT2D eigenvalue weighted by Crippen LogP contribution is 2.31. The van der Waals surface area contributed by atoms with Crippen molar-refractivity contribution in [1.82, 2.24) is 20.4 Å². The monoisotopic (exact) mass is 575 g/mol.